The molecule has 0 spiro atoms. The molecular formula is C22H28N4O3S. The zero-order valence-electron chi connectivity index (χ0n) is 17.4. The van der Waals surface area contributed by atoms with Crippen molar-refractivity contribution in [1.82, 2.24) is 15.6 Å². The standard InChI is InChI=1S/C22H28N4O3S/c1-3-28-12-5-11-23-22(24-14-17-7-9-19(27-2)10-8-17)25-15-18-16-30-21(26-18)20-6-4-13-29-20/h4,6-10,13,16H,3,5,11-12,14-15H2,1-2H3,(H2,23,24,25). The van der Waals surface area contributed by atoms with Crippen molar-refractivity contribution in [3.8, 4) is 16.5 Å². The van der Waals surface area contributed by atoms with Gasteiger partial charge in [-0.05, 0) is 43.2 Å². The van der Waals surface area contributed by atoms with Crippen LogP contribution < -0.4 is 15.4 Å². The topological polar surface area (TPSA) is 80.9 Å². The first-order valence-corrected chi connectivity index (χ1v) is 10.9. The fraction of sp³-hybridized carbons (Fsp3) is 0.364. The van der Waals surface area contributed by atoms with Crippen molar-refractivity contribution in [2.45, 2.75) is 26.4 Å². The summed E-state index contributed by atoms with van der Waals surface area (Å²) in [6, 6.07) is 11.7. The van der Waals surface area contributed by atoms with E-state index in [1.54, 1.807) is 24.7 Å². The minimum atomic E-state index is 0.569. The molecule has 0 bridgehead atoms. The molecule has 0 aliphatic rings. The number of aliphatic imine (C=N–C) groups is 1. The lowest BCUT2D eigenvalue weighted by Gasteiger charge is -2.12. The highest BCUT2D eigenvalue weighted by atomic mass is 32.1. The Hall–Kier alpha value is -2.84. The van der Waals surface area contributed by atoms with E-state index < -0.39 is 0 Å². The van der Waals surface area contributed by atoms with Crippen LogP contribution in [0.1, 0.15) is 24.6 Å². The van der Waals surface area contributed by atoms with Crippen molar-refractivity contribution in [1.29, 1.82) is 0 Å². The summed E-state index contributed by atoms with van der Waals surface area (Å²) in [5.74, 6) is 2.37. The van der Waals surface area contributed by atoms with E-state index in [0.29, 0.717) is 13.1 Å². The third-order valence-corrected chi connectivity index (χ3v) is 5.17. The summed E-state index contributed by atoms with van der Waals surface area (Å²) in [6.45, 7) is 5.40. The molecule has 0 saturated carbocycles. The van der Waals surface area contributed by atoms with Gasteiger partial charge in [-0.1, -0.05) is 12.1 Å². The number of rotatable bonds is 11. The van der Waals surface area contributed by atoms with Gasteiger partial charge in [0.1, 0.15) is 5.75 Å². The van der Waals surface area contributed by atoms with Gasteiger partial charge in [-0.3, -0.25) is 0 Å². The Bertz CT molecular complexity index is 892. The molecule has 3 aromatic rings. The molecule has 30 heavy (non-hydrogen) atoms. The van der Waals surface area contributed by atoms with E-state index in [-0.39, 0.29) is 0 Å². The van der Waals surface area contributed by atoms with Crippen molar-refractivity contribution in [3.63, 3.8) is 0 Å². The Balaban J connectivity index is 1.58. The number of thiazole rings is 1. The average Bonchev–Trinajstić information content (AvgIpc) is 3.47. The molecule has 0 radical (unpaired) electrons. The Morgan fingerprint density at radius 1 is 1.20 bits per heavy atom. The van der Waals surface area contributed by atoms with Gasteiger partial charge in [0.05, 0.1) is 32.2 Å². The number of methoxy groups -OCH3 is 1. The summed E-state index contributed by atoms with van der Waals surface area (Å²) in [4.78, 5) is 9.34. The Labute approximate surface area is 181 Å². The minimum absolute atomic E-state index is 0.569. The van der Waals surface area contributed by atoms with Crippen molar-refractivity contribution in [3.05, 3.63) is 59.3 Å². The summed E-state index contributed by atoms with van der Waals surface area (Å²) >= 11 is 1.57. The van der Waals surface area contributed by atoms with Crippen LogP contribution in [0.25, 0.3) is 10.8 Å². The number of ether oxygens (including phenoxy) is 2. The summed E-state index contributed by atoms with van der Waals surface area (Å²) in [5, 5.41) is 9.63. The number of nitrogens with one attached hydrogen (secondary N) is 2. The van der Waals surface area contributed by atoms with Crippen molar-refractivity contribution in [2.24, 2.45) is 4.99 Å². The van der Waals surface area contributed by atoms with Gasteiger partial charge in [-0.25, -0.2) is 9.98 Å². The normalized spacial score (nSPS) is 11.5. The fourth-order valence-corrected chi connectivity index (χ4v) is 3.46. The molecule has 0 aliphatic carbocycles. The second-order valence-electron chi connectivity index (χ2n) is 6.47. The van der Waals surface area contributed by atoms with Gasteiger partial charge in [-0.15, -0.1) is 11.3 Å². The largest absolute Gasteiger partial charge is 0.497 e. The molecular weight excluding hydrogens is 400 g/mol. The predicted octanol–water partition coefficient (Wildman–Crippen LogP) is 4.07. The SMILES string of the molecule is CCOCCCNC(=NCc1ccc(OC)cc1)NCc1csc(-c2ccco2)n1. The van der Waals surface area contributed by atoms with Crippen LogP contribution in [0.15, 0.2) is 57.5 Å². The molecule has 0 fully saturated rings. The molecule has 0 aliphatic heterocycles. The summed E-state index contributed by atoms with van der Waals surface area (Å²) in [6.07, 6.45) is 2.57. The van der Waals surface area contributed by atoms with Gasteiger partial charge in [-0.2, -0.15) is 0 Å². The molecule has 0 atom stereocenters. The highest BCUT2D eigenvalue weighted by Crippen LogP contribution is 2.23. The Morgan fingerprint density at radius 2 is 2.07 bits per heavy atom. The van der Waals surface area contributed by atoms with Crippen LogP contribution >= 0.6 is 11.3 Å². The Morgan fingerprint density at radius 3 is 2.80 bits per heavy atom. The maximum absolute atomic E-state index is 5.42. The first-order valence-electron chi connectivity index (χ1n) is 9.99. The van der Waals surface area contributed by atoms with Crippen molar-refractivity contribution in [2.75, 3.05) is 26.9 Å². The van der Waals surface area contributed by atoms with Crippen LogP contribution in [-0.2, 0) is 17.8 Å². The molecule has 0 unspecified atom stereocenters. The molecule has 8 heteroatoms. The Kier molecular flexibility index (Phi) is 8.74. The van der Waals surface area contributed by atoms with Gasteiger partial charge >= 0.3 is 0 Å². The number of furan rings is 1. The number of nitrogens with zero attached hydrogens (tertiary/aromatic N) is 2. The predicted molar refractivity (Wildman–Crippen MR) is 120 cm³/mol. The lowest BCUT2D eigenvalue weighted by Crippen LogP contribution is -2.37. The number of hydrogen-bond donors (Lipinski definition) is 2. The van der Waals surface area contributed by atoms with Crippen molar-refractivity contribution < 1.29 is 13.9 Å². The molecule has 7 nitrogen and oxygen atoms in total. The van der Waals surface area contributed by atoms with Crippen molar-refractivity contribution >= 4 is 17.3 Å². The van der Waals surface area contributed by atoms with Crippen LogP contribution in [0, 0.1) is 0 Å². The number of guanidine groups is 1. The molecule has 160 valence electrons. The molecule has 0 amide bonds. The average molecular weight is 429 g/mol. The van der Waals surface area contributed by atoms with E-state index in [4.69, 9.17) is 18.9 Å². The first kappa shape index (κ1) is 21.9. The first-order chi connectivity index (χ1) is 14.8. The smallest absolute Gasteiger partial charge is 0.191 e. The van der Waals surface area contributed by atoms with Gasteiger partial charge in [0.25, 0.3) is 0 Å². The molecule has 2 N–H and O–H groups in total. The molecule has 2 aromatic heterocycles. The van der Waals surface area contributed by atoms with E-state index in [0.717, 1.165) is 59.9 Å². The maximum atomic E-state index is 5.42. The summed E-state index contributed by atoms with van der Waals surface area (Å²) < 4.78 is 16.0. The lowest BCUT2D eigenvalue weighted by molar-refractivity contribution is 0.145. The van der Waals surface area contributed by atoms with E-state index in [1.807, 2.05) is 48.7 Å². The third kappa shape index (κ3) is 6.89. The maximum Gasteiger partial charge on any atom is 0.191 e. The van der Waals surface area contributed by atoms with Gasteiger partial charge in [0.15, 0.2) is 16.7 Å². The second kappa shape index (κ2) is 12.0. The number of benzene rings is 1. The zero-order valence-corrected chi connectivity index (χ0v) is 18.2. The van der Waals surface area contributed by atoms with Gasteiger partial charge in [0, 0.05) is 25.1 Å². The van der Waals surface area contributed by atoms with Crippen LogP contribution in [0.2, 0.25) is 0 Å². The van der Waals surface area contributed by atoms with E-state index in [1.165, 1.54) is 0 Å². The van der Waals surface area contributed by atoms with Crippen LogP contribution in [0.4, 0.5) is 0 Å². The van der Waals surface area contributed by atoms with E-state index >= 15 is 0 Å². The zero-order chi connectivity index (χ0) is 21.0. The monoisotopic (exact) mass is 428 g/mol. The van der Waals surface area contributed by atoms with Crippen LogP contribution in [0.3, 0.4) is 0 Å². The van der Waals surface area contributed by atoms with E-state index in [2.05, 4.69) is 15.6 Å². The lowest BCUT2D eigenvalue weighted by atomic mass is 10.2. The molecule has 0 saturated heterocycles. The molecule has 2 heterocycles. The quantitative estimate of drug-likeness (QED) is 0.272. The van der Waals surface area contributed by atoms with Crippen LogP contribution in [0.5, 0.6) is 5.75 Å². The van der Waals surface area contributed by atoms with Gasteiger partial charge < -0.3 is 24.5 Å². The number of hydrogen-bond acceptors (Lipinski definition) is 6. The minimum Gasteiger partial charge on any atom is -0.497 e. The number of aromatic nitrogens is 1. The second-order valence-corrected chi connectivity index (χ2v) is 7.32. The third-order valence-electron chi connectivity index (χ3n) is 4.26. The van der Waals surface area contributed by atoms with E-state index in [9.17, 15) is 0 Å². The summed E-state index contributed by atoms with van der Waals surface area (Å²) in [5.41, 5.74) is 2.06. The van der Waals surface area contributed by atoms with Gasteiger partial charge in [0.2, 0.25) is 0 Å². The molecule has 3 rings (SSSR count). The van der Waals surface area contributed by atoms with Crippen LogP contribution in [-0.4, -0.2) is 37.8 Å². The fourth-order valence-electron chi connectivity index (χ4n) is 2.68. The highest BCUT2D eigenvalue weighted by molar-refractivity contribution is 7.13. The molecule has 1 aromatic carbocycles. The highest BCUT2D eigenvalue weighted by Gasteiger charge is 2.08. The summed E-state index contributed by atoms with van der Waals surface area (Å²) in [7, 11) is 1.66.